The van der Waals surface area contributed by atoms with Crippen LogP contribution >= 0.6 is 0 Å². The van der Waals surface area contributed by atoms with Crippen LogP contribution in [-0.2, 0) is 17.8 Å². The normalized spacial score (nSPS) is 26.4. The zero-order chi connectivity index (χ0) is 21.7. The standard InChI is InChI=1S/C25H33N5O2/c31-24(18-9-10-18)29-13-11-20-19(16-29)25(32)30-23(26-20)14-21(27-30)22-8-4-5-12-28(22)15-17-6-2-1-3-7-17/h1-2,14,17-18,22,27H,3-13,15-16H2/t17-,22-/m1/s1. The maximum atomic E-state index is 13.4. The lowest BCUT2D eigenvalue weighted by atomic mass is 9.91. The molecule has 1 amide bonds. The molecule has 0 unspecified atom stereocenters. The molecule has 2 aromatic heterocycles. The van der Waals surface area contributed by atoms with Gasteiger partial charge < -0.3 is 4.90 Å². The first-order valence-electron chi connectivity index (χ1n) is 12.5. The van der Waals surface area contributed by atoms with Gasteiger partial charge in [-0.2, -0.15) is 0 Å². The molecule has 1 saturated heterocycles. The molecule has 7 heteroatoms. The molecule has 4 heterocycles. The van der Waals surface area contributed by atoms with Gasteiger partial charge >= 0.3 is 0 Å². The molecule has 6 rings (SSSR count). The summed E-state index contributed by atoms with van der Waals surface area (Å²) in [6, 6.07) is 2.41. The minimum Gasteiger partial charge on any atom is -0.337 e. The van der Waals surface area contributed by atoms with Crippen molar-refractivity contribution in [3.8, 4) is 0 Å². The van der Waals surface area contributed by atoms with Crippen molar-refractivity contribution in [1.29, 1.82) is 0 Å². The highest BCUT2D eigenvalue weighted by molar-refractivity contribution is 5.81. The molecule has 170 valence electrons. The summed E-state index contributed by atoms with van der Waals surface area (Å²) in [5, 5.41) is 3.41. The third-order valence-electron chi connectivity index (χ3n) is 7.86. The Morgan fingerprint density at radius 2 is 2.03 bits per heavy atom. The van der Waals surface area contributed by atoms with Crippen LogP contribution in [0.3, 0.4) is 0 Å². The molecule has 1 N–H and O–H groups in total. The van der Waals surface area contributed by atoms with Crippen molar-refractivity contribution in [2.24, 2.45) is 11.8 Å². The molecule has 2 fully saturated rings. The molecule has 32 heavy (non-hydrogen) atoms. The van der Waals surface area contributed by atoms with Crippen molar-refractivity contribution < 1.29 is 4.79 Å². The van der Waals surface area contributed by atoms with Gasteiger partial charge in [-0.25, -0.2) is 9.50 Å². The van der Waals surface area contributed by atoms with Crippen molar-refractivity contribution in [2.75, 3.05) is 19.6 Å². The van der Waals surface area contributed by atoms with Gasteiger partial charge in [-0.05, 0) is 57.4 Å². The maximum Gasteiger partial charge on any atom is 0.277 e. The van der Waals surface area contributed by atoms with Crippen LogP contribution in [0.4, 0.5) is 0 Å². The Morgan fingerprint density at radius 1 is 1.12 bits per heavy atom. The molecular weight excluding hydrogens is 402 g/mol. The second-order valence-corrected chi connectivity index (χ2v) is 10.2. The number of aromatic amines is 1. The van der Waals surface area contributed by atoms with Crippen molar-refractivity contribution >= 4 is 11.6 Å². The number of H-pyrrole nitrogens is 1. The summed E-state index contributed by atoms with van der Waals surface area (Å²) in [5.74, 6) is 1.13. The van der Waals surface area contributed by atoms with Crippen LogP contribution in [0.15, 0.2) is 23.0 Å². The van der Waals surface area contributed by atoms with Crippen LogP contribution in [0.2, 0.25) is 0 Å². The number of likely N-dealkylation sites (tertiary alicyclic amines) is 1. The molecular formula is C25H33N5O2. The molecule has 0 aromatic carbocycles. The third kappa shape index (κ3) is 3.70. The summed E-state index contributed by atoms with van der Waals surface area (Å²) in [5.41, 5.74) is 3.34. The second-order valence-electron chi connectivity index (χ2n) is 10.2. The molecule has 2 aliphatic carbocycles. The number of hydrogen-bond acceptors (Lipinski definition) is 4. The van der Waals surface area contributed by atoms with Crippen molar-refractivity contribution in [1.82, 2.24) is 24.4 Å². The number of nitrogens with zero attached hydrogens (tertiary/aromatic N) is 4. The smallest absolute Gasteiger partial charge is 0.277 e. The van der Waals surface area contributed by atoms with Crippen molar-refractivity contribution in [3.63, 3.8) is 0 Å². The number of allylic oxidation sites excluding steroid dienone is 2. The summed E-state index contributed by atoms with van der Waals surface area (Å²) in [6.45, 7) is 3.33. The molecule has 0 bridgehead atoms. The van der Waals surface area contributed by atoms with Gasteiger partial charge in [0.2, 0.25) is 5.91 Å². The van der Waals surface area contributed by atoms with Crippen molar-refractivity contribution in [2.45, 2.75) is 70.4 Å². The topological polar surface area (TPSA) is 73.7 Å². The lowest BCUT2D eigenvalue weighted by Gasteiger charge is -2.37. The van der Waals surface area contributed by atoms with Gasteiger partial charge in [0.15, 0.2) is 5.65 Å². The first-order valence-corrected chi connectivity index (χ1v) is 12.5. The Balaban J connectivity index is 1.28. The van der Waals surface area contributed by atoms with E-state index < -0.39 is 0 Å². The molecule has 4 aliphatic rings. The quantitative estimate of drug-likeness (QED) is 0.749. The molecule has 1 saturated carbocycles. The summed E-state index contributed by atoms with van der Waals surface area (Å²) in [7, 11) is 0. The molecule has 2 aromatic rings. The molecule has 7 nitrogen and oxygen atoms in total. The number of nitrogens with one attached hydrogen (secondary N) is 1. The monoisotopic (exact) mass is 435 g/mol. The number of piperidine rings is 1. The zero-order valence-corrected chi connectivity index (χ0v) is 18.8. The third-order valence-corrected chi connectivity index (χ3v) is 7.86. The summed E-state index contributed by atoms with van der Waals surface area (Å²) in [6.07, 6.45) is 14.5. The zero-order valence-electron chi connectivity index (χ0n) is 18.8. The van der Waals surface area contributed by atoms with Crippen LogP contribution in [-0.4, -0.2) is 49.9 Å². The highest BCUT2D eigenvalue weighted by atomic mass is 16.2. The van der Waals surface area contributed by atoms with E-state index in [2.05, 4.69) is 28.2 Å². The van der Waals surface area contributed by atoms with Crippen LogP contribution in [0.1, 0.15) is 74.4 Å². The SMILES string of the molecule is O=C(C1CC1)N1CCc2nc3cc([C@H]4CCCCN4C[C@@H]4CC=CCC4)[nH]n3c(=O)c2C1. The summed E-state index contributed by atoms with van der Waals surface area (Å²) < 4.78 is 1.62. The van der Waals surface area contributed by atoms with Gasteiger partial charge in [0.1, 0.15) is 0 Å². The summed E-state index contributed by atoms with van der Waals surface area (Å²) >= 11 is 0. The predicted molar refractivity (Wildman–Crippen MR) is 122 cm³/mol. The highest BCUT2D eigenvalue weighted by Crippen LogP contribution is 2.34. The maximum absolute atomic E-state index is 13.4. The molecule has 0 spiro atoms. The van der Waals surface area contributed by atoms with E-state index >= 15 is 0 Å². The summed E-state index contributed by atoms with van der Waals surface area (Å²) in [4.78, 5) is 35.2. The first-order chi connectivity index (χ1) is 15.7. The number of hydrogen-bond donors (Lipinski definition) is 1. The van der Waals surface area contributed by atoms with Crippen LogP contribution in [0.5, 0.6) is 0 Å². The molecule has 0 radical (unpaired) electrons. The number of carbonyl (C=O) groups is 1. The number of amides is 1. The van der Waals surface area contributed by atoms with Crippen LogP contribution in [0.25, 0.3) is 5.65 Å². The lowest BCUT2D eigenvalue weighted by molar-refractivity contribution is -0.133. The number of rotatable bonds is 4. The van der Waals surface area contributed by atoms with Gasteiger partial charge in [-0.3, -0.25) is 19.6 Å². The van der Waals surface area contributed by atoms with E-state index in [4.69, 9.17) is 4.98 Å². The highest BCUT2D eigenvalue weighted by Gasteiger charge is 2.36. The van der Waals surface area contributed by atoms with E-state index in [0.717, 1.165) is 55.3 Å². The van der Waals surface area contributed by atoms with E-state index in [9.17, 15) is 9.59 Å². The molecule has 2 aliphatic heterocycles. The van der Waals surface area contributed by atoms with E-state index in [1.54, 1.807) is 4.52 Å². The fourth-order valence-electron chi connectivity index (χ4n) is 5.86. The van der Waals surface area contributed by atoms with E-state index in [1.807, 2.05) is 4.90 Å². The fraction of sp³-hybridized carbons (Fsp3) is 0.640. The Bertz CT molecular complexity index is 1110. The first kappa shape index (κ1) is 20.2. The fourth-order valence-corrected chi connectivity index (χ4v) is 5.86. The predicted octanol–water partition coefficient (Wildman–Crippen LogP) is 3.20. The van der Waals surface area contributed by atoms with E-state index in [-0.39, 0.29) is 17.4 Å². The molecule has 2 atom stereocenters. The van der Waals surface area contributed by atoms with Crippen molar-refractivity contribution in [3.05, 3.63) is 45.5 Å². The van der Waals surface area contributed by atoms with Gasteiger partial charge in [0, 0.05) is 31.5 Å². The second kappa shape index (κ2) is 8.18. The van der Waals surface area contributed by atoms with Crippen LogP contribution in [0, 0.1) is 11.8 Å². The number of aromatic nitrogens is 3. The van der Waals surface area contributed by atoms with E-state index in [0.29, 0.717) is 31.1 Å². The Morgan fingerprint density at radius 3 is 2.84 bits per heavy atom. The Hall–Kier alpha value is -2.41. The average Bonchev–Trinajstić information content (AvgIpc) is 3.59. The Labute approximate surface area is 188 Å². The minimum atomic E-state index is -0.0377. The van der Waals surface area contributed by atoms with Gasteiger partial charge in [0.25, 0.3) is 5.56 Å². The van der Waals surface area contributed by atoms with Gasteiger partial charge in [0.05, 0.1) is 29.5 Å². The van der Waals surface area contributed by atoms with Gasteiger partial charge in [-0.15, -0.1) is 0 Å². The van der Waals surface area contributed by atoms with Crippen LogP contribution < -0.4 is 5.56 Å². The number of carbonyl (C=O) groups excluding carboxylic acids is 1. The van der Waals surface area contributed by atoms with E-state index in [1.165, 1.54) is 32.1 Å². The largest absolute Gasteiger partial charge is 0.337 e. The number of fused-ring (bicyclic) bond motifs is 2. The Kier molecular flexibility index (Phi) is 5.17. The minimum absolute atomic E-state index is 0.0377. The average molecular weight is 436 g/mol. The lowest BCUT2D eigenvalue weighted by Crippen LogP contribution is -2.41. The van der Waals surface area contributed by atoms with Gasteiger partial charge in [-0.1, -0.05) is 18.6 Å².